The number of hydrogen-bond acceptors (Lipinski definition) is 3. The summed E-state index contributed by atoms with van der Waals surface area (Å²) in [5.74, 6) is 1.64. The van der Waals surface area contributed by atoms with E-state index < -0.39 is 0 Å². The van der Waals surface area contributed by atoms with Crippen molar-refractivity contribution >= 4 is 0 Å². The van der Waals surface area contributed by atoms with Gasteiger partial charge in [-0.3, -0.25) is 0 Å². The van der Waals surface area contributed by atoms with Crippen LogP contribution in [-0.2, 0) is 13.6 Å². The topological polar surface area (TPSA) is 39.1 Å². The van der Waals surface area contributed by atoms with Gasteiger partial charge in [0.15, 0.2) is 0 Å². The van der Waals surface area contributed by atoms with E-state index >= 15 is 0 Å². The van der Waals surface area contributed by atoms with Gasteiger partial charge >= 0.3 is 0 Å². The number of ether oxygens (including phenoxy) is 1. The Morgan fingerprint density at radius 3 is 2.45 bits per heavy atom. The highest BCUT2D eigenvalue weighted by Crippen LogP contribution is 2.27. The second-order valence-electron chi connectivity index (χ2n) is 5.44. The molecule has 0 unspecified atom stereocenters. The van der Waals surface area contributed by atoms with E-state index in [1.807, 2.05) is 38.2 Å². The summed E-state index contributed by atoms with van der Waals surface area (Å²) in [6.45, 7) is 9.10. The van der Waals surface area contributed by atoms with Crippen molar-refractivity contribution in [2.24, 2.45) is 7.05 Å². The van der Waals surface area contributed by atoms with Crippen molar-refractivity contribution in [1.29, 1.82) is 0 Å². The summed E-state index contributed by atoms with van der Waals surface area (Å²) in [5, 5.41) is 7.87. The Morgan fingerprint density at radius 2 is 1.85 bits per heavy atom. The van der Waals surface area contributed by atoms with Crippen molar-refractivity contribution in [3.05, 3.63) is 41.1 Å². The number of nitrogens with one attached hydrogen (secondary N) is 1. The first kappa shape index (κ1) is 14.6. The van der Waals surface area contributed by atoms with Crippen molar-refractivity contribution in [3.63, 3.8) is 0 Å². The van der Waals surface area contributed by atoms with E-state index in [0.717, 1.165) is 29.4 Å². The minimum Gasteiger partial charge on any atom is -0.439 e. The van der Waals surface area contributed by atoms with Gasteiger partial charge in [0, 0.05) is 19.6 Å². The van der Waals surface area contributed by atoms with E-state index in [1.54, 1.807) is 4.68 Å². The second-order valence-corrected chi connectivity index (χ2v) is 5.44. The predicted octanol–water partition coefficient (Wildman–Crippen LogP) is 3.33. The average molecular weight is 273 g/mol. The molecule has 0 bridgehead atoms. The molecule has 0 radical (unpaired) electrons. The fourth-order valence-electron chi connectivity index (χ4n) is 2.04. The Balaban J connectivity index is 2.23. The van der Waals surface area contributed by atoms with E-state index in [-0.39, 0.29) is 0 Å². The van der Waals surface area contributed by atoms with Crippen molar-refractivity contribution in [2.75, 3.05) is 0 Å². The lowest BCUT2D eigenvalue weighted by Gasteiger charge is -2.11. The molecule has 0 amide bonds. The number of aromatic nitrogens is 2. The minimum absolute atomic E-state index is 0.432. The van der Waals surface area contributed by atoms with E-state index in [0.29, 0.717) is 6.04 Å². The SMILES string of the molecule is Cc1ccc(Oc2c(CNC(C)C)c(C)nn2C)cc1. The molecule has 4 nitrogen and oxygen atoms in total. The molecule has 0 saturated carbocycles. The molecule has 0 spiro atoms. The number of rotatable bonds is 5. The molecule has 1 aromatic heterocycles. The van der Waals surface area contributed by atoms with Gasteiger partial charge in [-0.25, -0.2) is 4.68 Å². The van der Waals surface area contributed by atoms with Crippen LogP contribution in [0.1, 0.15) is 30.7 Å². The Bertz CT molecular complexity index is 570. The molecule has 0 atom stereocenters. The summed E-state index contributed by atoms with van der Waals surface area (Å²) < 4.78 is 7.81. The molecule has 0 aliphatic carbocycles. The molecule has 20 heavy (non-hydrogen) atoms. The lowest BCUT2D eigenvalue weighted by atomic mass is 10.2. The summed E-state index contributed by atoms with van der Waals surface area (Å²) >= 11 is 0. The first-order valence-corrected chi connectivity index (χ1v) is 6.97. The number of aryl methyl sites for hydroxylation is 3. The van der Waals surface area contributed by atoms with Crippen molar-refractivity contribution in [1.82, 2.24) is 15.1 Å². The van der Waals surface area contributed by atoms with E-state index in [2.05, 4.69) is 31.2 Å². The van der Waals surface area contributed by atoms with Gasteiger partial charge in [0.25, 0.3) is 0 Å². The molecule has 1 heterocycles. The Morgan fingerprint density at radius 1 is 1.20 bits per heavy atom. The third-order valence-corrected chi connectivity index (χ3v) is 3.21. The molecule has 0 fully saturated rings. The molecule has 0 aliphatic rings. The van der Waals surface area contributed by atoms with Crippen LogP contribution in [0.4, 0.5) is 0 Å². The second kappa shape index (κ2) is 6.09. The average Bonchev–Trinajstić information content (AvgIpc) is 2.64. The highest BCUT2D eigenvalue weighted by molar-refractivity contribution is 5.36. The first-order chi connectivity index (χ1) is 9.47. The van der Waals surface area contributed by atoms with Crippen LogP contribution < -0.4 is 10.1 Å². The Labute approximate surface area is 120 Å². The molecule has 1 N–H and O–H groups in total. The fourth-order valence-corrected chi connectivity index (χ4v) is 2.04. The predicted molar refractivity (Wildman–Crippen MR) is 81.2 cm³/mol. The van der Waals surface area contributed by atoms with Crippen LogP contribution >= 0.6 is 0 Å². The zero-order valence-electron chi connectivity index (χ0n) is 12.9. The maximum atomic E-state index is 6.01. The summed E-state index contributed by atoms with van der Waals surface area (Å²) in [4.78, 5) is 0. The van der Waals surface area contributed by atoms with Gasteiger partial charge < -0.3 is 10.1 Å². The first-order valence-electron chi connectivity index (χ1n) is 6.97. The molecule has 0 aliphatic heterocycles. The van der Waals surface area contributed by atoms with E-state index in [1.165, 1.54) is 5.56 Å². The zero-order valence-corrected chi connectivity index (χ0v) is 12.9. The molecule has 0 saturated heterocycles. The van der Waals surface area contributed by atoms with Crippen LogP contribution in [0.5, 0.6) is 11.6 Å². The zero-order chi connectivity index (χ0) is 14.7. The van der Waals surface area contributed by atoms with E-state index in [4.69, 9.17) is 4.74 Å². The van der Waals surface area contributed by atoms with Gasteiger partial charge in [0.1, 0.15) is 5.75 Å². The summed E-state index contributed by atoms with van der Waals surface area (Å²) in [7, 11) is 1.91. The third-order valence-electron chi connectivity index (χ3n) is 3.21. The van der Waals surface area contributed by atoms with Gasteiger partial charge in [-0.15, -0.1) is 0 Å². The minimum atomic E-state index is 0.432. The van der Waals surface area contributed by atoms with Crippen molar-refractivity contribution in [3.8, 4) is 11.6 Å². The van der Waals surface area contributed by atoms with Gasteiger partial charge in [-0.05, 0) is 26.0 Å². The van der Waals surface area contributed by atoms with Crippen LogP contribution in [0, 0.1) is 13.8 Å². The Kier molecular flexibility index (Phi) is 4.45. The quantitative estimate of drug-likeness (QED) is 0.908. The normalized spacial score (nSPS) is 11.1. The fraction of sp³-hybridized carbons (Fsp3) is 0.438. The van der Waals surface area contributed by atoms with Crippen molar-refractivity contribution < 1.29 is 4.74 Å². The molecule has 1 aromatic carbocycles. The largest absolute Gasteiger partial charge is 0.439 e. The van der Waals surface area contributed by atoms with Crippen molar-refractivity contribution in [2.45, 2.75) is 40.3 Å². The van der Waals surface area contributed by atoms with Crippen LogP contribution in [0.25, 0.3) is 0 Å². The summed E-state index contributed by atoms with van der Waals surface area (Å²) in [6.07, 6.45) is 0. The van der Waals surface area contributed by atoms with Gasteiger partial charge in [-0.1, -0.05) is 31.5 Å². The third kappa shape index (κ3) is 3.39. The molecule has 108 valence electrons. The molecular weight excluding hydrogens is 250 g/mol. The monoisotopic (exact) mass is 273 g/mol. The van der Waals surface area contributed by atoms with E-state index in [9.17, 15) is 0 Å². The molecule has 2 aromatic rings. The van der Waals surface area contributed by atoms with Crippen LogP contribution in [0.15, 0.2) is 24.3 Å². The van der Waals surface area contributed by atoms with Crippen LogP contribution in [0.3, 0.4) is 0 Å². The molecule has 2 rings (SSSR count). The smallest absolute Gasteiger partial charge is 0.222 e. The van der Waals surface area contributed by atoms with Crippen LogP contribution in [0.2, 0.25) is 0 Å². The molecular formula is C16H23N3O. The number of nitrogens with zero attached hydrogens (tertiary/aromatic N) is 2. The summed E-state index contributed by atoms with van der Waals surface area (Å²) in [6, 6.07) is 8.49. The van der Waals surface area contributed by atoms with Crippen LogP contribution in [-0.4, -0.2) is 15.8 Å². The Hall–Kier alpha value is -1.81. The summed E-state index contributed by atoms with van der Waals surface area (Å²) in [5.41, 5.74) is 3.34. The maximum Gasteiger partial charge on any atom is 0.222 e. The maximum absolute atomic E-state index is 6.01. The van der Waals surface area contributed by atoms with Gasteiger partial charge in [-0.2, -0.15) is 5.10 Å². The standard InChI is InChI=1S/C16H23N3O/c1-11(2)17-10-15-13(4)18-19(5)16(15)20-14-8-6-12(3)7-9-14/h6-9,11,17H,10H2,1-5H3. The lowest BCUT2D eigenvalue weighted by molar-refractivity contribution is 0.422. The van der Waals surface area contributed by atoms with Gasteiger partial charge in [0.2, 0.25) is 5.88 Å². The molecule has 4 heteroatoms. The lowest BCUT2D eigenvalue weighted by Crippen LogP contribution is -2.22. The highest BCUT2D eigenvalue weighted by atomic mass is 16.5. The number of hydrogen-bond donors (Lipinski definition) is 1. The van der Waals surface area contributed by atoms with Gasteiger partial charge in [0.05, 0.1) is 11.3 Å². The number of benzene rings is 1. The highest BCUT2D eigenvalue weighted by Gasteiger charge is 2.15.